The van der Waals surface area contributed by atoms with Crippen LogP contribution in [0, 0.1) is 11.6 Å². The van der Waals surface area contributed by atoms with E-state index in [1.54, 1.807) is 18.2 Å². The molecule has 2 unspecified atom stereocenters. The fourth-order valence-corrected chi connectivity index (χ4v) is 4.03. The van der Waals surface area contributed by atoms with Crippen LogP contribution < -0.4 is 4.74 Å². The molecule has 6 heteroatoms. The fourth-order valence-electron chi connectivity index (χ4n) is 4.03. The molecule has 30 heavy (non-hydrogen) atoms. The van der Waals surface area contributed by atoms with Crippen molar-refractivity contribution in [3.8, 4) is 5.75 Å². The summed E-state index contributed by atoms with van der Waals surface area (Å²) in [5.74, 6) is -0.305. The topological polar surface area (TPSA) is 32.8 Å². The standard InChI is InChI=1S/C24H30F2N2O2/c1-3-20-17-21(30-24-9-5-4-7-22(24)26)14-16-28(20)27(2)15-6-8-23(29)18-10-12-19(25)13-11-18/h4-5,7,9-13,20-21H,3,6,8,14-17H2,1-2H3. The molecule has 4 nitrogen and oxygen atoms in total. The van der Waals surface area contributed by atoms with Crippen LogP contribution in [0.3, 0.4) is 0 Å². The van der Waals surface area contributed by atoms with Crippen LogP contribution in [0.4, 0.5) is 8.78 Å². The molecule has 1 aliphatic rings. The van der Waals surface area contributed by atoms with Gasteiger partial charge >= 0.3 is 0 Å². The minimum absolute atomic E-state index is 0.00319. The third kappa shape index (κ3) is 5.86. The van der Waals surface area contributed by atoms with E-state index >= 15 is 0 Å². The predicted molar refractivity (Wildman–Crippen MR) is 113 cm³/mol. The maximum Gasteiger partial charge on any atom is 0.165 e. The molecule has 0 aliphatic carbocycles. The molecule has 0 amide bonds. The van der Waals surface area contributed by atoms with E-state index in [0.29, 0.717) is 23.8 Å². The minimum Gasteiger partial charge on any atom is -0.487 e. The van der Waals surface area contributed by atoms with E-state index in [-0.39, 0.29) is 23.5 Å². The van der Waals surface area contributed by atoms with Gasteiger partial charge in [-0.2, -0.15) is 0 Å². The van der Waals surface area contributed by atoms with E-state index in [1.165, 1.54) is 30.3 Å². The number of nitrogens with zero attached hydrogens (tertiary/aromatic N) is 2. The van der Waals surface area contributed by atoms with Crippen LogP contribution in [0.2, 0.25) is 0 Å². The summed E-state index contributed by atoms with van der Waals surface area (Å²) < 4.78 is 32.8. The third-order valence-corrected chi connectivity index (χ3v) is 5.73. The van der Waals surface area contributed by atoms with Gasteiger partial charge in [0.25, 0.3) is 0 Å². The van der Waals surface area contributed by atoms with Crippen LogP contribution in [0.25, 0.3) is 0 Å². The van der Waals surface area contributed by atoms with Gasteiger partial charge in [0.2, 0.25) is 0 Å². The molecule has 0 radical (unpaired) electrons. The lowest BCUT2D eigenvalue weighted by Gasteiger charge is -2.43. The van der Waals surface area contributed by atoms with E-state index in [0.717, 1.165) is 38.8 Å². The Morgan fingerprint density at radius 3 is 2.60 bits per heavy atom. The predicted octanol–water partition coefficient (Wildman–Crippen LogP) is 5.10. The van der Waals surface area contributed by atoms with Gasteiger partial charge in [0.1, 0.15) is 11.9 Å². The van der Waals surface area contributed by atoms with Gasteiger partial charge in [0, 0.05) is 44.6 Å². The molecule has 3 rings (SSSR count). The lowest BCUT2D eigenvalue weighted by atomic mass is 9.98. The van der Waals surface area contributed by atoms with Crippen LogP contribution in [0.1, 0.15) is 49.4 Å². The highest BCUT2D eigenvalue weighted by Gasteiger charge is 2.31. The SMILES string of the molecule is CCC1CC(Oc2ccccc2F)CCN1N(C)CCCC(=O)c1ccc(F)cc1. The fraction of sp³-hybridized carbons (Fsp3) is 0.458. The molecule has 0 saturated carbocycles. The van der Waals surface area contributed by atoms with Gasteiger partial charge in [-0.25, -0.2) is 18.8 Å². The highest BCUT2D eigenvalue weighted by molar-refractivity contribution is 5.95. The molecule has 0 bridgehead atoms. The molecule has 1 saturated heterocycles. The number of piperidine rings is 1. The lowest BCUT2D eigenvalue weighted by molar-refractivity contribution is -0.0840. The van der Waals surface area contributed by atoms with E-state index < -0.39 is 0 Å². The van der Waals surface area contributed by atoms with Crippen LogP contribution in [-0.2, 0) is 0 Å². The maximum atomic E-state index is 13.9. The highest BCUT2D eigenvalue weighted by atomic mass is 19.1. The average molecular weight is 417 g/mol. The molecular formula is C24H30F2N2O2. The van der Waals surface area contributed by atoms with Crippen LogP contribution >= 0.6 is 0 Å². The van der Waals surface area contributed by atoms with E-state index in [9.17, 15) is 13.6 Å². The number of carbonyl (C=O) groups excluding carboxylic acids is 1. The van der Waals surface area contributed by atoms with Gasteiger partial charge < -0.3 is 4.74 Å². The average Bonchev–Trinajstić information content (AvgIpc) is 2.75. The monoisotopic (exact) mass is 416 g/mol. The number of hydrogen-bond donors (Lipinski definition) is 0. The Kier molecular flexibility index (Phi) is 7.94. The molecule has 2 atom stereocenters. The van der Waals surface area contributed by atoms with Gasteiger partial charge in [-0.15, -0.1) is 0 Å². The molecule has 0 spiro atoms. The molecule has 0 aromatic heterocycles. The number of carbonyl (C=O) groups is 1. The van der Waals surface area contributed by atoms with Crippen molar-refractivity contribution >= 4 is 5.78 Å². The second-order valence-electron chi connectivity index (χ2n) is 7.83. The first-order valence-corrected chi connectivity index (χ1v) is 10.7. The second kappa shape index (κ2) is 10.6. The quantitative estimate of drug-likeness (QED) is 0.533. The Morgan fingerprint density at radius 1 is 1.17 bits per heavy atom. The van der Waals surface area contributed by atoms with Crippen molar-refractivity contribution in [1.29, 1.82) is 0 Å². The van der Waals surface area contributed by atoms with Crippen molar-refractivity contribution in [1.82, 2.24) is 10.0 Å². The number of Topliss-reactive ketones (excluding diaryl/α,β-unsaturated/α-hetero) is 1. The number of rotatable bonds is 9. The first kappa shape index (κ1) is 22.4. The van der Waals surface area contributed by atoms with Gasteiger partial charge in [-0.05, 0) is 55.7 Å². The van der Waals surface area contributed by atoms with E-state index in [1.807, 2.05) is 7.05 Å². The zero-order valence-corrected chi connectivity index (χ0v) is 17.7. The van der Waals surface area contributed by atoms with Gasteiger partial charge in [-0.1, -0.05) is 19.1 Å². The summed E-state index contributed by atoms with van der Waals surface area (Å²) in [6.07, 6.45) is 3.79. The van der Waals surface area contributed by atoms with Crippen molar-refractivity contribution in [2.45, 2.75) is 51.2 Å². The van der Waals surface area contributed by atoms with Gasteiger partial charge in [0.15, 0.2) is 17.3 Å². The summed E-state index contributed by atoms with van der Waals surface area (Å²) in [7, 11) is 2.04. The summed E-state index contributed by atoms with van der Waals surface area (Å²) in [5, 5.41) is 4.52. The number of benzene rings is 2. The highest BCUT2D eigenvalue weighted by Crippen LogP contribution is 2.27. The van der Waals surface area contributed by atoms with Crippen molar-refractivity contribution in [3.63, 3.8) is 0 Å². The molecule has 1 aliphatic heterocycles. The van der Waals surface area contributed by atoms with Crippen molar-refractivity contribution < 1.29 is 18.3 Å². The normalized spacial score (nSPS) is 19.8. The van der Waals surface area contributed by atoms with Gasteiger partial charge in [0.05, 0.1) is 0 Å². The molecule has 162 valence electrons. The Hall–Kier alpha value is -2.31. The summed E-state index contributed by atoms with van der Waals surface area (Å²) in [6, 6.07) is 12.6. The lowest BCUT2D eigenvalue weighted by Crippen LogP contribution is -2.53. The number of ether oxygens (including phenoxy) is 1. The molecule has 2 aromatic carbocycles. The number of hydrogen-bond acceptors (Lipinski definition) is 4. The number of para-hydroxylation sites is 1. The Labute approximate surface area is 177 Å². The maximum absolute atomic E-state index is 13.9. The van der Waals surface area contributed by atoms with Crippen molar-refractivity contribution in [3.05, 3.63) is 65.7 Å². The third-order valence-electron chi connectivity index (χ3n) is 5.73. The zero-order valence-electron chi connectivity index (χ0n) is 17.7. The van der Waals surface area contributed by atoms with Crippen molar-refractivity contribution in [2.75, 3.05) is 20.1 Å². The summed E-state index contributed by atoms with van der Waals surface area (Å²) >= 11 is 0. The summed E-state index contributed by atoms with van der Waals surface area (Å²) in [6.45, 7) is 3.75. The minimum atomic E-state index is -0.334. The first-order valence-electron chi connectivity index (χ1n) is 10.7. The molecule has 1 fully saturated rings. The Bertz CT molecular complexity index is 828. The molecule has 1 heterocycles. The largest absolute Gasteiger partial charge is 0.487 e. The van der Waals surface area contributed by atoms with Crippen molar-refractivity contribution in [2.24, 2.45) is 0 Å². The van der Waals surface area contributed by atoms with Gasteiger partial charge in [-0.3, -0.25) is 4.79 Å². The molecular weight excluding hydrogens is 386 g/mol. The Morgan fingerprint density at radius 2 is 1.90 bits per heavy atom. The molecule has 0 N–H and O–H groups in total. The van der Waals surface area contributed by atoms with Crippen LogP contribution in [0.15, 0.2) is 48.5 Å². The smallest absolute Gasteiger partial charge is 0.165 e. The summed E-state index contributed by atoms with van der Waals surface area (Å²) in [5.41, 5.74) is 0.552. The molecule has 2 aromatic rings. The van der Waals surface area contributed by atoms with E-state index in [2.05, 4.69) is 16.9 Å². The number of hydrazine groups is 1. The van der Waals surface area contributed by atoms with E-state index in [4.69, 9.17) is 4.74 Å². The Balaban J connectivity index is 1.47. The number of ketones is 1. The summed E-state index contributed by atoms with van der Waals surface area (Å²) in [4.78, 5) is 12.3. The number of halogens is 2. The zero-order chi connectivity index (χ0) is 21.5. The first-order chi connectivity index (χ1) is 14.5. The second-order valence-corrected chi connectivity index (χ2v) is 7.83. The van der Waals surface area contributed by atoms with Crippen LogP contribution in [0.5, 0.6) is 5.75 Å². The van der Waals surface area contributed by atoms with Crippen LogP contribution in [-0.4, -0.2) is 48.1 Å².